The van der Waals surface area contributed by atoms with Gasteiger partial charge in [-0.05, 0) is 166 Å². The second kappa shape index (κ2) is 19.2. The Kier molecular flexibility index (Phi) is 14.5. The number of nitrogens with zero attached hydrogens (tertiary/aromatic N) is 1. The van der Waals surface area contributed by atoms with E-state index in [9.17, 15) is 4.79 Å². The zero-order chi connectivity index (χ0) is 37.3. The van der Waals surface area contributed by atoms with Gasteiger partial charge in [0, 0.05) is 24.3 Å². The highest BCUT2D eigenvalue weighted by atomic mass is 35.5. The Morgan fingerprint density at radius 3 is 1.75 bits per heavy atom. The summed E-state index contributed by atoms with van der Waals surface area (Å²) in [4.78, 5) is 15.1. The summed E-state index contributed by atoms with van der Waals surface area (Å²) < 4.78 is 10.8. The fraction of sp³-hybridized carbons (Fsp3) is 0.432. The Balaban J connectivity index is 0.000000162. The highest BCUT2D eigenvalue weighted by Gasteiger charge is 2.35. The van der Waals surface area contributed by atoms with Crippen LogP contribution < -0.4 is 14.8 Å². The van der Waals surface area contributed by atoms with E-state index in [0.29, 0.717) is 44.9 Å². The molecule has 2 saturated heterocycles. The normalized spacial score (nSPS) is 20.7. The number of hydrogen-bond donors (Lipinski definition) is 1. The minimum absolute atomic E-state index is 0.143. The van der Waals surface area contributed by atoms with Crippen molar-refractivity contribution in [2.24, 2.45) is 0 Å². The van der Waals surface area contributed by atoms with E-state index in [-0.39, 0.29) is 11.7 Å². The summed E-state index contributed by atoms with van der Waals surface area (Å²) in [7, 11) is 3.39. The van der Waals surface area contributed by atoms with Crippen LogP contribution >= 0.6 is 46.4 Å². The largest absolute Gasteiger partial charge is 0.497 e. The van der Waals surface area contributed by atoms with Gasteiger partial charge in [-0.1, -0.05) is 70.7 Å². The van der Waals surface area contributed by atoms with E-state index in [0.717, 1.165) is 41.9 Å². The molecule has 0 bridgehead atoms. The molecule has 3 unspecified atom stereocenters. The Hall–Kier alpha value is -2.77. The minimum atomic E-state index is -0.143. The molecule has 3 atom stereocenters. The first-order valence-corrected chi connectivity index (χ1v) is 20.4. The average Bonchev–Trinajstić information content (AvgIpc) is 3.95. The lowest BCUT2D eigenvalue weighted by molar-refractivity contribution is -0.120. The number of hydrogen-bond acceptors (Lipinski definition) is 5. The first-order chi connectivity index (χ1) is 25.7. The molecule has 2 aliphatic carbocycles. The van der Waals surface area contributed by atoms with Crippen LogP contribution in [0.1, 0.15) is 83.7 Å². The molecular weight excluding hydrogens is 746 g/mol. The van der Waals surface area contributed by atoms with Crippen LogP contribution in [0.3, 0.4) is 0 Å². The van der Waals surface area contributed by atoms with Crippen molar-refractivity contribution in [3.8, 4) is 11.5 Å². The minimum Gasteiger partial charge on any atom is -0.497 e. The SMILES string of the molecule is C1CCNC1.COc1ccc2c(c1)C(Cc1ccc(Cl)c(Cl)c1)C(=O)CC2.COc1ccc2c(c1)C(Cc1ccc(Cl)c(Cl)c1)C(N1CCCC1)CC2. The van der Waals surface area contributed by atoms with Crippen molar-refractivity contribution in [2.45, 2.75) is 82.1 Å². The van der Waals surface area contributed by atoms with Crippen LogP contribution in [0.25, 0.3) is 0 Å². The van der Waals surface area contributed by atoms with Crippen molar-refractivity contribution in [1.29, 1.82) is 0 Å². The molecule has 282 valence electrons. The van der Waals surface area contributed by atoms with E-state index in [1.54, 1.807) is 20.3 Å². The molecule has 2 fully saturated rings. The Labute approximate surface area is 335 Å². The summed E-state index contributed by atoms with van der Waals surface area (Å²) in [5.74, 6) is 2.32. The van der Waals surface area contributed by atoms with Crippen LogP contribution in [0, 0.1) is 0 Å². The number of carbonyl (C=O) groups excluding carboxylic acids is 1. The molecule has 53 heavy (non-hydrogen) atoms. The number of fused-ring (bicyclic) bond motifs is 2. The molecule has 8 rings (SSSR count). The number of halogens is 4. The van der Waals surface area contributed by atoms with E-state index in [4.69, 9.17) is 55.9 Å². The van der Waals surface area contributed by atoms with E-state index in [2.05, 4.69) is 40.5 Å². The van der Waals surface area contributed by atoms with Crippen molar-refractivity contribution in [3.05, 3.63) is 126 Å². The number of ketones is 1. The van der Waals surface area contributed by atoms with Crippen molar-refractivity contribution in [1.82, 2.24) is 10.2 Å². The second-order valence-corrected chi connectivity index (χ2v) is 16.1. The Morgan fingerprint density at radius 1 is 0.642 bits per heavy atom. The zero-order valence-corrected chi connectivity index (χ0v) is 33.8. The van der Waals surface area contributed by atoms with Crippen LogP contribution in [0.2, 0.25) is 20.1 Å². The predicted molar refractivity (Wildman–Crippen MR) is 220 cm³/mol. The number of Topliss-reactive ketones (excluding diaryl/α,β-unsaturated/α-hetero) is 1. The lowest BCUT2D eigenvalue weighted by atomic mass is 9.75. The summed E-state index contributed by atoms with van der Waals surface area (Å²) in [5.41, 5.74) is 7.48. The number of aryl methyl sites for hydroxylation is 2. The van der Waals surface area contributed by atoms with Gasteiger partial charge in [0.05, 0.1) is 34.3 Å². The highest BCUT2D eigenvalue weighted by molar-refractivity contribution is 6.42. The van der Waals surface area contributed by atoms with E-state index < -0.39 is 0 Å². The zero-order valence-electron chi connectivity index (χ0n) is 30.7. The molecule has 1 N–H and O–H groups in total. The van der Waals surface area contributed by atoms with Crippen molar-refractivity contribution < 1.29 is 14.3 Å². The predicted octanol–water partition coefficient (Wildman–Crippen LogP) is 11.0. The number of rotatable bonds is 7. The van der Waals surface area contributed by atoms with Gasteiger partial charge >= 0.3 is 0 Å². The van der Waals surface area contributed by atoms with Gasteiger partial charge in [-0.3, -0.25) is 9.69 Å². The van der Waals surface area contributed by atoms with Crippen molar-refractivity contribution >= 4 is 52.2 Å². The summed E-state index contributed by atoms with van der Waals surface area (Å²) in [5, 5.41) is 5.54. The molecule has 0 aromatic heterocycles. The van der Waals surface area contributed by atoms with E-state index in [1.165, 1.54) is 80.5 Å². The van der Waals surface area contributed by atoms with E-state index in [1.807, 2.05) is 36.4 Å². The van der Waals surface area contributed by atoms with Gasteiger partial charge in [-0.2, -0.15) is 0 Å². The standard InChI is InChI=1S/C22H25Cl2NO.C18H16Cl2O2.C4H9N/c1-26-17-7-5-16-6-9-22(25-10-2-3-11-25)19(18(16)14-17)12-15-4-8-20(23)21(24)13-15;1-22-13-5-3-12-4-7-18(21)15(14(12)10-13)8-11-2-6-16(19)17(20)9-11;1-2-4-5-3-1/h4-5,7-8,13-14,19,22H,2-3,6,9-12H2,1H3;2-3,5-6,9-10,15H,4,7-8H2,1H3;5H,1-4H2. The molecular formula is C44H50Cl4N2O3. The molecule has 0 saturated carbocycles. The quantitative estimate of drug-likeness (QED) is 0.202. The molecule has 0 radical (unpaired) electrons. The maximum Gasteiger partial charge on any atom is 0.141 e. The first kappa shape index (κ1) is 39.9. The van der Waals surface area contributed by atoms with Gasteiger partial charge in [-0.15, -0.1) is 0 Å². The second-order valence-electron chi connectivity index (χ2n) is 14.5. The first-order valence-electron chi connectivity index (χ1n) is 18.9. The number of likely N-dealkylation sites (tertiary alicyclic amines) is 1. The lowest BCUT2D eigenvalue weighted by Crippen LogP contribution is -2.41. The van der Waals surface area contributed by atoms with Crippen LogP contribution in [-0.2, 0) is 30.5 Å². The summed E-state index contributed by atoms with van der Waals surface area (Å²) in [6, 6.07) is 24.8. The van der Waals surface area contributed by atoms with Gasteiger partial charge in [0.25, 0.3) is 0 Å². The van der Waals surface area contributed by atoms with Crippen LogP contribution in [-0.4, -0.2) is 57.1 Å². The number of methoxy groups -OCH3 is 2. The van der Waals surface area contributed by atoms with Gasteiger partial charge in [0.2, 0.25) is 0 Å². The number of carbonyl (C=O) groups is 1. The van der Waals surface area contributed by atoms with Crippen molar-refractivity contribution in [3.63, 3.8) is 0 Å². The molecule has 2 aliphatic heterocycles. The summed E-state index contributed by atoms with van der Waals surface area (Å²) in [6.07, 6.45) is 10.8. The molecule has 0 amide bonds. The van der Waals surface area contributed by atoms with Crippen LogP contribution in [0.15, 0.2) is 72.8 Å². The third kappa shape index (κ3) is 10.3. The van der Waals surface area contributed by atoms with Crippen LogP contribution in [0.4, 0.5) is 0 Å². The topological polar surface area (TPSA) is 50.8 Å². The van der Waals surface area contributed by atoms with Gasteiger partial charge in [0.15, 0.2) is 0 Å². The fourth-order valence-electron chi connectivity index (χ4n) is 8.27. The number of ether oxygens (including phenoxy) is 2. The van der Waals surface area contributed by atoms with Crippen molar-refractivity contribution in [2.75, 3.05) is 40.4 Å². The molecule has 0 spiro atoms. The Bertz CT molecular complexity index is 1850. The Morgan fingerprint density at radius 2 is 1.21 bits per heavy atom. The van der Waals surface area contributed by atoms with Gasteiger partial charge < -0.3 is 14.8 Å². The maximum atomic E-state index is 12.4. The average molecular weight is 797 g/mol. The summed E-state index contributed by atoms with van der Waals surface area (Å²) in [6.45, 7) is 4.95. The van der Waals surface area contributed by atoms with Gasteiger partial charge in [0.1, 0.15) is 17.3 Å². The van der Waals surface area contributed by atoms with E-state index >= 15 is 0 Å². The molecule has 4 aromatic rings. The number of nitrogens with one attached hydrogen (secondary N) is 1. The summed E-state index contributed by atoms with van der Waals surface area (Å²) >= 11 is 24.4. The molecule has 5 nitrogen and oxygen atoms in total. The third-order valence-electron chi connectivity index (χ3n) is 11.1. The van der Waals surface area contributed by atoms with Crippen LogP contribution in [0.5, 0.6) is 11.5 Å². The smallest absolute Gasteiger partial charge is 0.141 e. The molecule has 4 aromatic carbocycles. The fourth-order valence-corrected chi connectivity index (χ4v) is 8.91. The number of benzene rings is 4. The van der Waals surface area contributed by atoms with Gasteiger partial charge in [-0.25, -0.2) is 0 Å². The molecule has 4 aliphatic rings. The maximum absolute atomic E-state index is 12.4. The molecule has 9 heteroatoms. The molecule has 2 heterocycles. The monoisotopic (exact) mass is 794 g/mol. The third-order valence-corrected chi connectivity index (χ3v) is 12.6. The lowest BCUT2D eigenvalue weighted by Gasteiger charge is -2.39. The highest BCUT2D eigenvalue weighted by Crippen LogP contribution is 2.41.